The molecule has 0 aromatic carbocycles. The highest BCUT2D eigenvalue weighted by Gasteiger charge is 2.37. The monoisotopic (exact) mass is 270 g/mol. The van der Waals surface area contributed by atoms with Gasteiger partial charge in [0.25, 0.3) is 0 Å². The van der Waals surface area contributed by atoms with Gasteiger partial charge in [-0.1, -0.05) is 0 Å². The average molecular weight is 270 g/mol. The van der Waals surface area contributed by atoms with E-state index in [2.05, 4.69) is 30.3 Å². The summed E-state index contributed by atoms with van der Waals surface area (Å²) in [5.74, 6) is 2.76. The Morgan fingerprint density at radius 3 is 2.80 bits per heavy atom. The first-order valence-electron chi connectivity index (χ1n) is 7.22. The molecule has 4 rings (SSSR count). The van der Waals surface area contributed by atoms with Crippen LogP contribution in [-0.2, 0) is 6.54 Å². The lowest BCUT2D eigenvalue weighted by Crippen LogP contribution is -2.35. The van der Waals surface area contributed by atoms with E-state index < -0.39 is 0 Å². The number of nitrogens with zero attached hydrogens (tertiary/aromatic N) is 5. The quantitative estimate of drug-likeness (QED) is 0.893. The summed E-state index contributed by atoms with van der Waals surface area (Å²) in [6, 6.07) is 2.43. The maximum absolute atomic E-state index is 4.45. The summed E-state index contributed by atoms with van der Waals surface area (Å²) >= 11 is 0. The lowest BCUT2D eigenvalue weighted by Gasteiger charge is -2.25. The average Bonchev–Trinajstić information content (AvgIpc) is 3.20. The number of rotatable bonds is 2. The summed E-state index contributed by atoms with van der Waals surface area (Å²) in [6.07, 6.45) is 2.60. The molecule has 3 heterocycles. The van der Waals surface area contributed by atoms with Gasteiger partial charge < -0.3 is 9.88 Å². The third-order valence-electron chi connectivity index (χ3n) is 4.19. The van der Waals surface area contributed by atoms with Crippen LogP contribution in [0.1, 0.15) is 36.1 Å². The Hall–Kier alpha value is -1.82. The smallest absolute Gasteiger partial charge is 0.166 e. The Morgan fingerprint density at radius 2 is 2.00 bits per heavy atom. The van der Waals surface area contributed by atoms with Crippen LogP contribution in [0.25, 0.3) is 11.4 Å². The van der Waals surface area contributed by atoms with E-state index in [1.165, 1.54) is 12.8 Å². The maximum Gasteiger partial charge on any atom is 0.166 e. The summed E-state index contributed by atoms with van der Waals surface area (Å²) in [5.41, 5.74) is 2.87. The van der Waals surface area contributed by atoms with E-state index in [1.807, 2.05) is 19.9 Å². The number of aryl methyl sites for hydroxylation is 2. The molecule has 0 radical (unpaired) electrons. The number of fused-ring (bicyclic) bond motifs is 1. The molecular formula is C14H18N6. The van der Waals surface area contributed by atoms with Crippen molar-refractivity contribution in [2.75, 3.05) is 6.54 Å². The standard InChI is InChI=1S/C14H18N6/c1-8-7-11(9(2)17-16-8)13-18-19-14-12(10-3-4-10)15-5-6-20(13)14/h7,10,12,15H,3-6H2,1-2H3. The van der Waals surface area contributed by atoms with E-state index in [1.54, 1.807) is 0 Å². The predicted octanol–water partition coefficient (Wildman–Crippen LogP) is 1.41. The van der Waals surface area contributed by atoms with E-state index >= 15 is 0 Å². The van der Waals surface area contributed by atoms with Crippen molar-refractivity contribution in [1.29, 1.82) is 0 Å². The number of aromatic nitrogens is 5. The number of hydrogen-bond donors (Lipinski definition) is 1. The van der Waals surface area contributed by atoms with Gasteiger partial charge in [0.15, 0.2) is 11.6 Å². The van der Waals surface area contributed by atoms with Crippen molar-refractivity contribution in [2.45, 2.75) is 39.3 Å². The third kappa shape index (κ3) is 1.83. The van der Waals surface area contributed by atoms with Gasteiger partial charge in [0, 0.05) is 18.7 Å². The first-order valence-corrected chi connectivity index (χ1v) is 7.22. The molecule has 1 fully saturated rings. The fraction of sp³-hybridized carbons (Fsp3) is 0.571. The van der Waals surface area contributed by atoms with Crippen molar-refractivity contribution in [1.82, 2.24) is 30.3 Å². The van der Waals surface area contributed by atoms with Crippen molar-refractivity contribution in [3.63, 3.8) is 0 Å². The molecule has 2 aromatic heterocycles. The van der Waals surface area contributed by atoms with Gasteiger partial charge in [-0.3, -0.25) is 0 Å². The van der Waals surface area contributed by atoms with Crippen LogP contribution in [0.4, 0.5) is 0 Å². The molecule has 6 nitrogen and oxygen atoms in total. The zero-order valence-electron chi connectivity index (χ0n) is 11.8. The van der Waals surface area contributed by atoms with Gasteiger partial charge in [-0.05, 0) is 38.7 Å². The molecule has 1 N–H and O–H groups in total. The van der Waals surface area contributed by atoms with Crippen LogP contribution < -0.4 is 5.32 Å². The summed E-state index contributed by atoms with van der Waals surface area (Å²) in [5, 5.41) is 20.8. The van der Waals surface area contributed by atoms with Gasteiger partial charge >= 0.3 is 0 Å². The van der Waals surface area contributed by atoms with E-state index in [0.29, 0.717) is 6.04 Å². The summed E-state index contributed by atoms with van der Waals surface area (Å²) in [7, 11) is 0. The molecule has 1 aliphatic heterocycles. The van der Waals surface area contributed by atoms with Crippen molar-refractivity contribution in [3.05, 3.63) is 23.3 Å². The molecule has 0 bridgehead atoms. The molecular weight excluding hydrogens is 252 g/mol. The van der Waals surface area contributed by atoms with Crippen molar-refractivity contribution >= 4 is 0 Å². The number of nitrogens with one attached hydrogen (secondary N) is 1. The summed E-state index contributed by atoms with van der Waals surface area (Å²) in [4.78, 5) is 0. The van der Waals surface area contributed by atoms with Gasteiger partial charge in [0.05, 0.1) is 17.4 Å². The molecule has 1 aliphatic carbocycles. The Kier molecular flexibility index (Phi) is 2.60. The van der Waals surface area contributed by atoms with Gasteiger partial charge in [0.2, 0.25) is 0 Å². The van der Waals surface area contributed by atoms with E-state index in [4.69, 9.17) is 0 Å². The molecule has 2 aromatic rings. The van der Waals surface area contributed by atoms with Gasteiger partial charge in [-0.15, -0.1) is 10.2 Å². The summed E-state index contributed by atoms with van der Waals surface area (Å²) < 4.78 is 2.25. The van der Waals surface area contributed by atoms with Gasteiger partial charge in [-0.2, -0.15) is 10.2 Å². The Morgan fingerprint density at radius 1 is 1.15 bits per heavy atom. The van der Waals surface area contributed by atoms with Crippen LogP contribution in [0.3, 0.4) is 0 Å². The first-order chi connectivity index (χ1) is 9.74. The molecule has 0 spiro atoms. The van der Waals surface area contributed by atoms with Gasteiger partial charge in [0.1, 0.15) is 0 Å². The van der Waals surface area contributed by atoms with Crippen molar-refractivity contribution in [3.8, 4) is 11.4 Å². The zero-order chi connectivity index (χ0) is 13.7. The maximum atomic E-state index is 4.45. The second-order valence-corrected chi connectivity index (χ2v) is 5.79. The number of hydrogen-bond acceptors (Lipinski definition) is 5. The van der Waals surface area contributed by atoms with Crippen LogP contribution in [0.2, 0.25) is 0 Å². The SMILES string of the molecule is Cc1cc(-c2nnc3n2CCNC3C2CC2)c(C)nn1. The van der Waals surface area contributed by atoms with Crippen molar-refractivity contribution in [2.24, 2.45) is 5.92 Å². The normalized spacial score (nSPS) is 21.8. The minimum absolute atomic E-state index is 0.376. The highest BCUT2D eigenvalue weighted by Crippen LogP contribution is 2.42. The predicted molar refractivity (Wildman–Crippen MR) is 74.0 cm³/mol. The molecule has 1 saturated carbocycles. The Labute approximate surface area is 117 Å². The third-order valence-corrected chi connectivity index (χ3v) is 4.19. The Balaban J connectivity index is 1.82. The molecule has 20 heavy (non-hydrogen) atoms. The first kappa shape index (κ1) is 12.0. The fourth-order valence-electron chi connectivity index (χ4n) is 2.97. The second kappa shape index (κ2) is 4.34. The van der Waals surface area contributed by atoms with E-state index in [0.717, 1.165) is 47.6 Å². The minimum Gasteiger partial charge on any atom is -0.308 e. The van der Waals surface area contributed by atoms with E-state index in [-0.39, 0.29) is 0 Å². The van der Waals surface area contributed by atoms with Crippen molar-refractivity contribution < 1.29 is 0 Å². The molecule has 1 atom stereocenters. The molecule has 0 saturated heterocycles. The van der Waals surface area contributed by atoms with Gasteiger partial charge in [-0.25, -0.2) is 0 Å². The van der Waals surface area contributed by atoms with Crippen LogP contribution >= 0.6 is 0 Å². The van der Waals surface area contributed by atoms with Crippen LogP contribution in [0, 0.1) is 19.8 Å². The molecule has 0 amide bonds. The zero-order valence-corrected chi connectivity index (χ0v) is 11.8. The topological polar surface area (TPSA) is 68.5 Å². The lowest BCUT2D eigenvalue weighted by atomic mass is 10.1. The largest absolute Gasteiger partial charge is 0.308 e. The highest BCUT2D eigenvalue weighted by atomic mass is 15.3. The minimum atomic E-state index is 0.376. The molecule has 6 heteroatoms. The lowest BCUT2D eigenvalue weighted by molar-refractivity contribution is 0.383. The Bertz CT molecular complexity index is 658. The van der Waals surface area contributed by atoms with E-state index in [9.17, 15) is 0 Å². The van der Waals surface area contributed by atoms with Crippen LogP contribution in [0.5, 0.6) is 0 Å². The molecule has 1 unspecified atom stereocenters. The van der Waals surface area contributed by atoms with Crippen LogP contribution in [-0.4, -0.2) is 31.5 Å². The second-order valence-electron chi connectivity index (χ2n) is 5.79. The summed E-state index contributed by atoms with van der Waals surface area (Å²) in [6.45, 7) is 5.83. The molecule has 104 valence electrons. The molecule has 2 aliphatic rings. The fourth-order valence-corrected chi connectivity index (χ4v) is 2.97. The van der Waals surface area contributed by atoms with Crippen LogP contribution in [0.15, 0.2) is 6.07 Å². The highest BCUT2D eigenvalue weighted by molar-refractivity contribution is 5.58.